The number of halogens is 3. The highest BCUT2D eigenvalue weighted by Gasteiger charge is 2.35. The van der Waals surface area contributed by atoms with Gasteiger partial charge in [-0.2, -0.15) is 0 Å². The summed E-state index contributed by atoms with van der Waals surface area (Å²) in [6, 6.07) is 11.5. The van der Waals surface area contributed by atoms with Gasteiger partial charge >= 0.3 is 0 Å². The minimum Gasteiger partial charge on any atom is -0.366 e. The zero-order chi connectivity index (χ0) is 23.6. The molecule has 2 aromatic rings. The van der Waals surface area contributed by atoms with Crippen molar-refractivity contribution < 1.29 is 17.6 Å². The number of para-hydroxylation sites is 1. The van der Waals surface area contributed by atoms with Crippen molar-refractivity contribution in [2.75, 3.05) is 44.2 Å². The highest BCUT2D eigenvalue weighted by Crippen LogP contribution is 2.29. The van der Waals surface area contributed by atoms with Crippen molar-refractivity contribution in [3.63, 3.8) is 0 Å². The van der Waals surface area contributed by atoms with Crippen molar-refractivity contribution in [1.82, 2.24) is 9.21 Å². The Morgan fingerprint density at radius 3 is 2.30 bits per heavy atom. The third-order valence-corrected chi connectivity index (χ3v) is 8.78. The van der Waals surface area contributed by atoms with Gasteiger partial charge in [-0.1, -0.05) is 41.4 Å². The molecule has 2 aromatic carbocycles. The molecular formula is C23H26Cl2FN3O3S. The lowest BCUT2D eigenvalue weighted by atomic mass is 9.97. The molecular weight excluding hydrogens is 488 g/mol. The highest BCUT2D eigenvalue weighted by molar-refractivity contribution is 7.88. The quantitative estimate of drug-likeness (QED) is 0.605. The van der Waals surface area contributed by atoms with Gasteiger partial charge in [0.2, 0.25) is 15.9 Å². The maximum Gasteiger partial charge on any atom is 0.227 e. The fraction of sp³-hybridized carbons (Fsp3) is 0.435. The van der Waals surface area contributed by atoms with E-state index in [1.54, 1.807) is 41.3 Å². The fourth-order valence-corrected chi connectivity index (χ4v) is 6.84. The van der Waals surface area contributed by atoms with Crippen LogP contribution in [0, 0.1) is 11.7 Å². The first-order chi connectivity index (χ1) is 15.8. The summed E-state index contributed by atoms with van der Waals surface area (Å²) in [5.41, 5.74) is 0.913. The van der Waals surface area contributed by atoms with Crippen LogP contribution in [0.1, 0.15) is 18.4 Å². The van der Waals surface area contributed by atoms with E-state index in [-0.39, 0.29) is 24.0 Å². The van der Waals surface area contributed by atoms with Crippen LogP contribution in [-0.4, -0.2) is 62.8 Å². The van der Waals surface area contributed by atoms with Crippen LogP contribution in [0.25, 0.3) is 0 Å². The van der Waals surface area contributed by atoms with Crippen molar-refractivity contribution in [3.8, 4) is 0 Å². The molecule has 33 heavy (non-hydrogen) atoms. The fourth-order valence-electron chi connectivity index (χ4n) is 4.47. The van der Waals surface area contributed by atoms with Gasteiger partial charge in [-0.05, 0) is 37.1 Å². The maximum atomic E-state index is 14.1. The summed E-state index contributed by atoms with van der Waals surface area (Å²) in [6.45, 7) is 2.54. The highest BCUT2D eigenvalue weighted by atomic mass is 35.5. The zero-order valence-electron chi connectivity index (χ0n) is 18.1. The van der Waals surface area contributed by atoms with Crippen LogP contribution in [0.4, 0.5) is 10.1 Å². The van der Waals surface area contributed by atoms with Crippen molar-refractivity contribution in [1.29, 1.82) is 0 Å². The molecule has 2 fully saturated rings. The largest absolute Gasteiger partial charge is 0.366 e. The summed E-state index contributed by atoms with van der Waals surface area (Å²) in [7, 11) is -3.68. The number of sulfonamides is 1. The second-order valence-electron chi connectivity index (χ2n) is 8.42. The number of carbonyl (C=O) groups excluding carboxylic acids is 1. The lowest BCUT2D eigenvalue weighted by Gasteiger charge is -2.39. The van der Waals surface area contributed by atoms with E-state index in [9.17, 15) is 17.6 Å². The molecule has 0 unspecified atom stereocenters. The average Bonchev–Trinajstić information content (AvgIpc) is 2.82. The molecule has 0 N–H and O–H groups in total. The first kappa shape index (κ1) is 24.3. The Labute approximate surface area is 203 Å². The third-order valence-electron chi connectivity index (χ3n) is 6.30. The Morgan fingerprint density at radius 1 is 0.970 bits per heavy atom. The molecule has 2 aliphatic rings. The lowest BCUT2D eigenvalue weighted by Crippen LogP contribution is -2.53. The zero-order valence-corrected chi connectivity index (χ0v) is 20.4. The van der Waals surface area contributed by atoms with Gasteiger partial charge in [0.15, 0.2) is 0 Å². The second-order valence-corrected chi connectivity index (χ2v) is 11.2. The van der Waals surface area contributed by atoms with Crippen LogP contribution in [0.15, 0.2) is 42.5 Å². The lowest BCUT2D eigenvalue weighted by molar-refractivity contribution is -0.137. The standard InChI is InChI=1S/C23H26Cl2FN3O3S/c24-19-6-3-7-20(25)18(19)16-33(31,32)29-10-4-5-17(15-29)23(30)28-13-11-27(12-14-28)22-9-2-1-8-21(22)26/h1-3,6-9,17H,4-5,10-16H2/t17-/m1/s1. The van der Waals surface area contributed by atoms with Crippen molar-refractivity contribution in [2.24, 2.45) is 5.92 Å². The van der Waals surface area contributed by atoms with E-state index in [0.29, 0.717) is 66.9 Å². The summed E-state index contributed by atoms with van der Waals surface area (Å²) in [5, 5.41) is 0.617. The number of carbonyl (C=O) groups is 1. The monoisotopic (exact) mass is 513 g/mol. The molecule has 1 atom stereocenters. The van der Waals surface area contributed by atoms with E-state index in [0.717, 1.165) is 0 Å². The normalized spacial score (nSPS) is 20.2. The van der Waals surface area contributed by atoms with Gasteiger partial charge in [-0.15, -0.1) is 0 Å². The van der Waals surface area contributed by atoms with Crippen LogP contribution in [0.3, 0.4) is 0 Å². The van der Waals surface area contributed by atoms with Crippen LogP contribution in [0.2, 0.25) is 10.0 Å². The van der Waals surface area contributed by atoms with E-state index >= 15 is 0 Å². The SMILES string of the molecule is O=C([C@@H]1CCCN(S(=O)(=O)Cc2c(Cl)cccc2Cl)C1)N1CCN(c2ccccc2F)CC1. The molecule has 2 aliphatic heterocycles. The van der Waals surface area contributed by atoms with Crippen LogP contribution in [-0.2, 0) is 20.6 Å². The summed E-state index contributed by atoms with van der Waals surface area (Å²) in [6.07, 6.45) is 1.26. The molecule has 1 amide bonds. The number of anilines is 1. The van der Waals surface area contributed by atoms with Crippen molar-refractivity contribution in [2.45, 2.75) is 18.6 Å². The molecule has 6 nitrogen and oxygen atoms in total. The van der Waals surface area contributed by atoms with Crippen LogP contribution in [0.5, 0.6) is 0 Å². The molecule has 4 rings (SSSR count). The average molecular weight is 514 g/mol. The van der Waals surface area contributed by atoms with Crippen molar-refractivity contribution in [3.05, 3.63) is 63.9 Å². The Bertz CT molecular complexity index is 1100. The number of hydrogen-bond donors (Lipinski definition) is 0. The van der Waals surface area contributed by atoms with E-state index in [2.05, 4.69) is 0 Å². The molecule has 0 spiro atoms. The number of hydrogen-bond acceptors (Lipinski definition) is 4. The smallest absolute Gasteiger partial charge is 0.227 e. The van der Waals surface area contributed by atoms with Crippen LogP contribution < -0.4 is 4.90 Å². The summed E-state index contributed by atoms with van der Waals surface area (Å²) in [4.78, 5) is 16.9. The van der Waals surface area contributed by atoms with Gasteiger partial charge in [0, 0.05) is 54.9 Å². The first-order valence-electron chi connectivity index (χ1n) is 11.0. The molecule has 178 valence electrons. The molecule has 2 saturated heterocycles. The van der Waals surface area contributed by atoms with E-state index in [1.807, 2.05) is 4.90 Å². The predicted octanol–water partition coefficient (Wildman–Crippen LogP) is 4.02. The Balaban J connectivity index is 1.38. The Morgan fingerprint density at radius 2 is 1.64 bits per heavy atom. The van der Waals surface area contributed by atoms with Crippen molar-refractivity contribution >= 4 is 44.8 Å². The number of nitrogens with zero attached hydrogens (tertiary/aromatic N) is 3. The number of rotatable bonds is 5. The second kappa shape index (κ2) is 10.2. The molecule has 0 saturated carbocycles. The number of piperidine rings is 1. The topological polar surface area (TPSA) is 60.9 Å². The van der Waals surface area contributed by atoms with E-state index in [1.165, 1.54) is 10.4 Å². The van der Waals surface area contributed by atoms with Gasteiger partial charge < -0.3 is 9.80 Å². The third kappa shape index (κ3) is 5.45. The van der Waals surface area contributed by atoms with Crippen LogP contribution >= 0.6 is 23.2 Å². The molecule has 2 heterocycles. The first-order valence-corrected chi connectivity index (χ1v) is 13.3. The summed E-state index contributed by atoms with van der Waals surface area (Å²) >= 11 is 12.3. The maximum absolute atomic E-state index is 14.1. The number of benzene rings is 2. The number of piperazine rings is 1. The minimum atomic E-state index is -3.68. The summed E-state index contributed by atoms with van der Waals surface area (Å²) < 4.78 is 41.6. The summed E-state index contributed by atoms with van der Waals surface area (Å²) in [5.74, 6) is -1.01. The molecule has 0 aliphatic carbocycles. The number of amides is 1. The Kier molecular flexibility index (Phi) is 7.48. The molecule has 0 aromatic heterocycles. The molecule has 10 heteroatoms. The predicted molar refractivity (Wildman–Crippen MR) is 129 cm³/mol. The van der Waals surface area contributed by atoms with E-state index < -0.39 is 15.9 Å². The Hall–Kier alpha value is -1.87. The van der Waals surface area contributed by atoms with Gasteiger partial charge in [-0.25, -0.2) is 17.1 Å². The van der Waals surface area contributed by atoms with Gasteiger partial charge in [0.05, 0.1) is 17.4 Å². The van der Waals surface area contributed by atoms with Gasteiger partial charge in [-0.3, -0.25) is 4.79 Å². The minimum absolute atomic E-state index is 0.0427. The van der Waals surface area contributed by atoms with Gasteiger partial charge in [0.25, 0.3) is 0 Å². The van der Waals surface area contributed by atoms with Gasteiger partial charge in [0.1, 0.15) is 5.82 Å². The molecule has 0 radical (unpaired) electrons. The molecule has 0 bridgehead atoms. The van der Waals surface area contributed by atoms with E-state index in [4.69, 9.17) is 23.2 Å².